The Bertz CT molecular complexity index is 379. The first-order chi connectivity index (χ1) is 9.10. The van der Waals surface area contributed by atoms with Crippen molar-refractivity contribution in [2.45, 2.75) is 33.4 Å². The van der Waals surface area contributed by atoms with Gasteiger partial charge in [0.25, 0.3) is 0 Å². The standard InChI is InChI=1S/C16H28N2O/c1-6-13(2)11-18(4)12-15-9-14(10-17-3)7-8-16(15)19-5/h7-9,13,17H,6,10-12H2,1-5H3. The molecule has 0 fully saturated rings. The van der Waals surface area contributed by atoms with Gasteiger partial charge in [-0.05, 0) is 37.7 Å². The lowest BCUT2D eigenvalue weighted by Crippen LogP contribution is -2.24. The molecular formula is C16H28N2O. The third-order valence-corrected chi connectivity index (χ3v) is 3.49. The number of nitrogens with zero attached hydrogens (tertiary/aromatic N) is 1. The van der Waals surface area contributed by atoms with Gasteiger partial charge in [0, 0.05) is 25.2 Å². The molecule has 0 saturated carbocycles. The maximum absolute atomic E-state index is 5.46. The van der Waals surface area contributed by atoms with Gasteiger partial charge in [0.05, 0.1) is 7.11 Å². The predicted octanol–water partition coefficient (Wildman–Crippen LogP) is 2.89. The van der Waals surface area contributed by atoms with Crippen LogP contribution in [-0.4, -0.2) is 32.6 Å². The van der Waals surface area contributed by atoms with Gasteiger partial charge in [-0.25, -0.2) is 0 Å². The van der Waals surface area contributed by atoms with Crippen LogP contribution in [0.2, 0.25) is 0 Å². The van der Waals surface area contributed by atoms with E-state index in [0.29, 0.717) is 0 Å². The highest BCUT2D eigenvalue weighted by Gasteiger charge is 2.09. The topological polar surface area (TPSA) is 24.5 Å². The Morgan fingerprint density at radius 1 is 1.37 bits per heavy atom. The summed E-state index contributed by atoms with van der Waals surface area (Å²) in [4.78, 5) is 2.37. The van der Waals surface area contributed by atoms with Gasteiger partial charge in [-0.3, -0.25) is 0 Å². The molecule has 0 aliphatic heterocycles. The average Bonchev–Trinajstić information content (AvgIpc) is 2.39. The Hall–Kier alpha value is -1.06. The maximum Gasteiger partial charge on any atom is 0.123 e. The van der Waals surface area contributed by atoms with E-state index in [1.54, 1.807) is 7.11 Å². The minimum absolute atomic E-state index is 0.733. The molecule has 1 rings (SSSR count). The van der Waals surface area contributed by atoms with E-state index in [2.05, 4.69) is 49.3 Å². The Balaban J connectivity index is 2.76. The van der Waals surface area contributed by atoms with E-state index < -0.39 is 0 Å². The van der Waals surface area contributed by atoms with Gasteiger partial charge < -0.3 is 15.0 Å². The van der Waals surface area contributed by atoms with Crippen molar-refractivity contribution in [1.82, 2.24) is 10.2 Å². The van der Waals surface area contributed by atoms with E-state index in [-0.39, 0.29) is 0 Å². The second-order valence-electron chi connectivity index (χ2n) is 5.39. The summed E-state index contributed by atoms with van der Waals surface area (Å²) >= 11 is 0. The molecule has 3 heteroatoms. The second-order valence-corrected chi connectivity index (χ2v) is 5.39. The number of hydrogen-bond acceptors (Lipinski definition) is 3. The van der Waals surface area contributed by atoms with Crippen molar-refractivity contribution in [3.05, 3.63) is 29.3 Å². The van der Waals surface area contributed by atoms with Gasteiger partial charge in [0.2, 0.25) is 0 Å². The van der Waals surface area contributed by atoms with E-state index in [0.717, 1.165) is 31.3 Å². The molecule has 0 heterocycles. The summed E-state index contributed by atoms with van der Waals surface area (Å²) in [6.45, 7) is 7.49. The van der Waals surface area contributed by atoms with Crippen LogP contribution in [0.25, 0.3) is 0 Å². The molecule has 1 unspecified atom stereocenters. The molecule has 0 spiro atoms. The molecule has 0 aliphatic carbocycles. The summed E-state index contributed by atoms with van der Waals surface area (Å²) in [5.41, 5.74) is 2.57. The monoisotopic (exact) mass is 264 g/mol. The Morgan fingerprint density at radius 2 is 2.11 bits per heavy atom. The molecule has 0 radical (unpaired) electrons. The molecule has 108 valence electrons. The first kappa shape index (κ1) is 16.0. The summed E-state index contributed by atoms with van der Waals surface area (Å²) in [7, 11) is 5.89. The fraction of sp³-hybridized carbons (Fsp3) is 0.625. The lowest BCUT2D eigenvalue weighted by atomic mass is 10.1. The summed E-state index contributed by atoms with van der Waals surface area (Å²) in [6, 6.07) is 6.43. The SMILES string of the molecule is CCC(C)CN(C)Cc1cc(CNC)ccc1OC. The molecule has 3 nitrogen and oxygen atoms in total. The third kappa shape index (κ3) is 5.21. The highest BCUT2D eigenvalue weighted by molar-refractivity contribution is 5.37. The largest absolute Gasteiger partial charge is 0.496 e. The van der Waals surface area contributed by atoms with Crippen molar-refractivity contribution in [2.75, 3.05) is 27.7 Å². The lowest BCUT2D eigenvalue weighted by Gasteiger charge is -2.22. The Morgan fingerprint density at radius 3 is 2.68 bits per heavy atom. The molecular weight excluding hydrogens is 236 g/mol. The van der Waals surface area contributed by atoms with Gasteiger partial charge in [-0.2, -0.15) is 0 Å². The Labute approximate surface area is 118 Å². The van der Waals surface area contributed by atoms with Crippen LogP contribution in [0.5, 0.6) is 5.75 Å². The van der Waals surface area contributed by atoms with Crippen molar-refractivity contribution in [2.24, 2.45) is 5.92 Å². The lowest BCUT2D eigenvalue weighted by molar-refractivity contribution is 0.270. The zero-order chi connectivity index (χ0) is 14.3. The number of rotatable bonds is 8. The highest BCUT2D eigenvalue weighted by atomic mass is 16.5. The maximum atomic E-state index is 5.46. The molecule has 1 atom stereocenters. The van der Waals surface area contributed by atoms with Crippen molar-refractivity contribution in [3.63, 3.8) is 0 Å². The third-order valence-electron chi connectivity index (χ3n) is 3.49. The molecule has 1 N–H and O–H groups in total. The zero-order valence-electron chi connectivity index (χ0n) is 13.0. The fourth-order valence-corrected chi connectivity index (χ4v) is 2.29. The number of benzene rings is 1. The first-order valence-electron chi connectivity index (χ1n) is 7.09. The number of methoxy groups -OCH3 is 1. The number of ether oxygens (including phenoxy) is 1. The molecule has 19 heavy (non-hydrogen) atoms. The van der Waals surface area contributed by atoms with Crippen LogP contribution in [-0.2, 0) is 13.1 Å². The second kappa shape index (κ2) is 8.18. The quantitative estimate of drug-likeness (QED) is 0.781. The molecule has 0 bridgehead atoms. The van der Waals surface area contributed by atoms with Crippen LogP contribution in [0.4, 0.5) is 0 Å². The van der Waals surface area contributed by atoms with Crippen molar-refractivity contribution >= 4 is 0 Å². The molecule has 0 aliphatic rings. The molecule has 0 aromatic heterocycles. The molecule has 1 aromatic carbocycles. The smallest absolute Gasteiger partial charge is 0.123 e. The minimum Gasteiger partial charge on any atom is -0.496 e. The number of hydrogen-bond donors (Lipinski definition) is 1. The van der Waals surface area contributed by atoms with Gasteiger partial charge in [-0.1, -0.05) is 26.3 Å². The first-order valence-corrected chi connectivity index (χ1v) is 7.09. The highest BCUT2D eigenvalue weighted by Crippen LogP contribution is 2.21. The van der Waals surface area contributed by atoms with E-state index in [9.17, 15) is 0 Å². The Kier molecular flexibility index (Phi) is 6.89. The molecule has 1 aromatic rings. The van der Waals surface area contributed by atoms with E-state index in [1.807, 2.05) is 7.05 Å². The van der Waals surface area contributed by atoms with E-state index in [4.69, 9.17) is 4.74 Å². The van der Waals surface area contributed by atoms with Gasteiger partial charge in [-0.15, -0.1) is 0 Å². The molecule has 0 amide bonds. The van der Waals surface area contributed by atoms with Crippen LogP contribution in [0.3, 0.4) is 0 Å². The normalized spacial score (nSPS) is 12.7. The van der Waals surface area contributed by atoms with Crippen LogP contribution in [0.1, 0.15) is 31.4 Å². The van der Waals surface area contributed by atoms with Gasteiger partial charge >= 0.3 is 0 Å². The van der Waals surface area contributed by atoms with Crippen LogP contribution in [0, 0.1) is 5.92 Å². The van der Waals surface area contributed by atoms with E-state index in [1.165, 1.54) is 17.5 Å². The van der Waals surface area contributed by atoms with Gasteiger partial charge in [0.15, 0.2) is 0 Å². The van der Waals surface area contributed by atoms with E-state index >= 15 is 0 Å². The average molecular weight is 264 g/mol. The van der Waals surface area contributed by atoms with Crippen LogP contribution < -0.4 is 10.1 Å². The molecule has 0 saturated heterocycles. The zero-order valence-corrected chi connectivity index (χ0v) is 13.0. The van der Waals surface area contributed by atoms with Crippen LogP contribution in [0.15, 0.2) is 18.2 Å². The van der Waals surface area contributed by atoms with Crippen molar-refractivity contribution in [3.8, 4) is 5.75 Å². The number of nitrogens with one attached hydrogen (secondary N) is 1. The summed E-state index contributed by atoms with van der Waals surface area (Å²) in [5, 5.41) is 3.19. The summed E-state index contributed by atoms with van der Waals surface area (Å²) in [6.07, 6.45) is 1.22. The van der Waals surface area contributed by atoms with Crippen molar-refractivity contribution in [1.29, 1.82) is 0 Å². The summed E-state index contributed by atoms with van der Waals surface area (Å²) in [5.74, 6) is 1.72. The van der Waals surface area contributed by atoms with Crippen LogP contribution >= 0.6 is 0 Å². The van der Waals surface area contributed by atoms with Gasteiger partial charge in [0.1, 0.15) is 5.75 Å². The predicted molar refractivity (Wildman–Crippen MR) is 81.5 cm³/mol. The fourth-order valence-electron chi connectivity index (χ4n) is 2.29. The summed E-state index contributed by atoms with van der Waals surface area (Å²) < 4.78 is 5.46. The minimum atomic E-state index is 0.733. The van der Waals surface area contributed by atoms with Crippen molar-refractivity contribution < 1.29 is 4.74 Å².